The molecule has 1 atom stereocenters. The second-order valence-electron chi connectivity index (χ2n) is 7.28. The molecule has 0 bridgehead atoms. The quantitative estimate of drug-likeness (QED) is 0.694. The topological polar surface area (TPSA) is 52.9 Å². The van der Waals surface area contributed by atoms with Crippen molar-refractivity contribution in [3.63, 3.8) is 0 Å². The number of benzene rings is 3. The Kier molecular flexibility index (Phi) is 5.60. The normalized spacial score (nSPS) is 17.0. The van der Waals surface area contributed by atoms with Crippen molar-refractivity contribution in [3.8, 4) is 11.5 Å². The van der Waals surface area contributed by atoms with Gasteiger partial charge in [-0.05, 0) is 29.2 Å². The first-order valence-corrected chi connectivity index (χ1v) is 9.66. The van der Waals surface area contributed by atoms with Crippen LogP contribution in [0, 0.1) is 0 Å². The molecule has 0 saturated carbocycles. The Bertz CT molecular complexity index is 926. The number of fused-ring (bicyclic) bond motifs is 1. The third-order valence-electron chi connectivity index (χ3n) is 5.23. The first-order valence-electron chi connectivity index (χ1n) is 9.66. The van der Waals surface area contributed by atoms with Gasteiger partial charge in [-0.15, -0.1) is 0 Å². The number of nitrogens with zero attached hydrogens (tertiary/aromatic N) is 1. The number of aliphatic hydroxyl groups is 1. The number of aromatic hydroxyl groups is 1. The first-order chi connectivity index (χ1) is 13.7. The zero-order chi connectivity index (χ0) is 19.3. The molecular weight excluding hydrogens is 350 g/mol. The third-order valence-corrected chi connectivity index (χ3v) is 5.23. The fourth-order valence-corrected chi connectivity index (χ4v) is 3.67. The van der Waals surface area contributed by atoms with Crippen LogP contribution in [-0.4, -0.2) is 21.7 Å². The van der Waals surface area contributed by atoms with Crippen LogP contribution in [0.2, 0.25) is 0 Å². The van der Waals surface area contributed by atoms with Gasteiger partial charge in [0.25, 0.3) is 0 Å². The standard InChI is InChI=1S/C24H25NO3/c26-23-12-13-25(15-19-8-4-5-9-22(19)23)16-20-10-11-21(14-24(20)27)28-17-18-6-2-1-3-7-18/h1-11,14,23,26-27H,12-13,15-17H2. The number of aliphatic hydroxyl groups excluding tert-OH is 1. The molecule has 0 fully saturated rings. The molecule has 3 aromatic carbocycles. The minimum atomic E-state index is -0.427. The lowest BCUT2D eigenvalue weighted by atomic mass is 10.0. The second kappa shape index (κ2) is 8.46. The molecule has 2 N–H and O–H groups in total. The van der Waals surface area contributed by atoms with Crippen molar-refractivity contribution in [3.05, 3.63) is 95.1 Å². The van der Waals surface area contributed by atoms with Crippen molar-refractivity contribution in [2.24, 2.45) is 0 Å². The van der Waals surface area contributed by atoms with Gasteiger partial charge in [-0.1, -0.05) is 60.7 Å². The monoisotopic (exact) mass is 375 g/mol. The van der Waals surface area contributed by atoms with Crippen LogP contribution in [-0.2, 0) is 19.7 Å². The van der Waals surface area contributed by atoms with E-state index in [1.165, 1.54) is 0 Å². The van der Waals surface area contributed by atoms with Gasteiger partial charge < -0.3 is 14.9 Å². The molecule has 0 amide bonds. The Balaban J connectivity index is 1.42. The minimum absolute atomic E-state index is 0.239. The molecule has 1 heterocycles. The van der Waals surface area contributed by atoms with Gasteiger partial charge in [0.15, 0.2) is 0 Å². The number of phenols is 1. The van der Waals surface area contributed by atoms with E-state index in [2.05, 4.69) is 11.0 Å². The summed E-state index contributed by atoms with van der Waals surface area (Å²) < 4.78 is 5.79. The number of hydrogen-bond donors (Lipinski definition) is 2. The van der Waals surface area contributed by atoms with Gasteiger partial charge in [-0.25, -0.2) is 0 Å². The second-order valence-corrected chi connectivity index (χ2v) is 7.28. The Hall–Kier alpha value is -2.82. The molecule has 0 radical (unpaired) electrons. The largest absolute Gasteiger partial charge is 0.507 e. The maximum Gasteiger partial charge on any atom is 0.123 e. The van der Waals surface area contributed by atoms with E-state index in [0.29, 0.717) is 25.3 Å². The molecule has 1 unspecified atom stereocenters. The number of hydrogen-bond acceptors (Lipinski definition) is 4. The molecule has 3 aromatic rings. The third kappa shape index (κ3) is 4.35. The average molecular weight is 375 g/mol. The molecular formula is C24H25NO3. The average Bonchev–Trinajstić information content (AvgIpc) is 2.88. The van der Waals surface area contributed by atoms with Gasteiger partial charge in [-0.2, -0.15) is 0 Å². The summed E-state index contributed by atoms with van der Waals surface area (Å²) in [5.41, 5.74) is 4.11. The number of ether oxygens (including phenoxy) is 1. The van der Waals surface area contributed by atoms with Gasteiger partial charge in [0.1, 0.15) is 18.1 Å². The van der Waals surface area contributed by atoms with Crippen molar-refractivity contribution in [2.45, 2.75) is 32.2 Å². The summed E-state index contributed by atoms with van der Waals surface area (Å²) in [7, 11) is 0. The fraction of sp³-hybridized carbons (Fsp3) is 0.250. The van der Waals surface area contributed by atoms with Crippen LogP contribution in [0.15, 0.2) is 72.8 Å². The molecule has 144 valence electrons. The van der Waals surface area contributed by atoms with Gasteiger partial charge in [0.05, 0.1) is 6.10 Å². The molecule has 28 heavy (non-hydrogen) atoms. The first kappa shape index (κ1) is 18.5. The lowest BCUT2D eigenvalue weighted by Crippen LogP contribution is -2.23. The Morgan fingerprint density at radius 3 is 2.57 bits per heavy atom. The van der Waals surface area contributed by atoms with E-state index in [1.807, 2.05) is 60.7 Å². The molecule has 1 aliphatic rings. The van der Waals surface area contributed by atoms with E-state index < -0.39 is 6.10 Å². The van der Waals surface area contributed by atoms with Gasteiger partial charge in [-0.3, -0.25) is 4.90 Å². The van der Waals surface area contributed by atoms with Crippen molar-refractivity contribution in [2.75, 3.05) is 6.54 Å². The van der Waals surface area contributed by atoms with Crippen LogP contribution in [0.1, 0.15) is 34.8 Å². The summed E-state index contributed by atoms with van der Waals surface area (Å²) in [6.07, 6.45) is 0.263. The van der Waals surface area contributed by atoms with E-state index in [9.17, 15) is 10.2 Å². The zero-order valence-electron chi connectivity index (χ0n) is 15.8. The SMILES string of the molecule is Oc1cc(OCc2ccccc2)ccc1CN1CCC(O)c2ccccc2C1. The predicted octanol–water partition coefficient (Wildman–Crippen LogP) is 4.41. The summed E-state index contributed by atoms with van der Waals surface area (Å²) in [5.74, 6) is 0.894. The van der Waals surface area contributed by atoms with Crippen LogP contribution in [0.4, 0.5) is 0 Å². The predicted molar refractivity (Wildman–Crippen MR) is 109 cm³/mol. The van der Waals surface area contributed by atoms with Crippen LogP contribution >= 0.6 is 0 Å². The Labute approximate surface area is 165 Å². The van der Waals surface area contributed by atoms with Crippen molar-refractivity contribution in [1.82, 2.24) is 4.90 Å². The molecule has 4 heteroatoms. The van der Waals surface area contributed by atoms with Crippen molar-refractivity contribution < 1.29 is 14.9 Å². The van der Waals surface area contributed by atoms with Crippen molar-refractivity contribution >= 4 is 0 Å². The number of rotatable bonds is 5. The van der Waals surface area contributed by atoms with Crippen molar-refractivity contribution in [1.29, 1.82) is 0 Å². The highest BCUT2D eigenvalue weighted by Gasteiger charge is 2.21. The summed E-state index contributed by atoms with van der Waals surface area (Å²) >= 11 is 0. The lowest BCUT2D eigenvalue weighted by molar-refractivity contribution is 0.149. The minimum Gasteiger partial charge on any atom is -0.507 e. The summed E-state index contributed by atoms with van der Waals surface area (Å²) in [5, 5.41) is 20.9. The highest BCUT2D eigenvalue weighted by Crippen LogP contribution is 2.30. The zero-order valence-corrected chi connectivity index (χ0v) is 15.8. The highest BCUT2D eigenvalue weighted by molar-refractivity contribution is 5.40. The Morgan fingerprint density at radius 1 is 0.964 bits per heavy atom. The van der Waals surface area contributed by atoms with Crippen LogP contribution in [0.5, 0.6) is 11.5 Å². The van der Waals surface area contributed by atoms with Gasteiger partial charge >= 0.3 is 0 Å². The molecule has 0 aromatic heterocycles. The fourth-order valence-electron chi connectivity index (χ4n) is 3.67. The van der Waals surface area contributed by atoms with Crippen LogP contribution in [0.25, 0.3) is 0 Å². The molecule has 1 aliphatic heterocycles. The Morgan fingerprint density at radius 2 is 1.75 bits per heavy atom. The lowest BCUT2D eigenvalue weighted by Gasteiger charge is -2.21. The van der Waals surface area contributed by atoms with E-state index in [1.54, 1.807) is 6.07 Å². The maximum atomic E-state index is 10.5. The highest BCUT2D eigenvalue weighted by atomic mass is 16.5. The molecule has 0 saturated heterocycles. The summed E-state index contributed by atoms with van der Waals surface area (Å²) in [4.78, 5) is 2.26. The smallest absolute Gasteiger partial charge is 0.123 e. The molecule has 4 rings (SSSR count). The van der Waals surface area contributed by atoms with E-state index in [0.717, 1.165) is 35.3 Å². The van der Waals surface area contributed by atoms with E-state index >= 15 is 0 Å². The van der Waals surface area contributed by atoms with E-state index in [-0.39, 0.29) is 5.75 Å². The number of phenolic OH excluding ortho intramolecular Hbond substituents is 1. The van der Waals surface area contributed by atoms with E-state index in [4.69, 9.17) is 4.74 Å². The molecule has 4 nitrogen and oxygen atoms in total. The maximum absolute atomic E-state index is 10.5. The van der Waals surface area contributed by atoms with Gasteiger partial charge in [0.2, 0.25) is 0 Å². The van der Waals surface area contributed by atoms with Crippen LogP contribution < -0.4 is 4.74 Å². The molecule has 0 aliphatic carbocycles. The van der Waals surface area contributed by atoms with Crippen LogP contribution in [0.3, 0.4) is 0 Å². The molecule has 0 spiro atoms. The summed E-state index contributed by atoms with van der Waals surface area (Å²) in [6.45, 7) is 2.65. The van der Waals surface area contributed by atoms with Gasteiger partial charge in [0, 0.05) is 31.3 Å². The summed E-state index contributed by atoms with van der Waals surface area (Å²) in [6, 6.07) is 23.5.